The molecule has 1 fully saturated rings. The Morgan fingerprint density at radius 3 is 1.82 bits per heavy atom. The monoisotopic (exact) mass is 833 g/mol. The van der Waals surface area contributed by atoms with E-state index in [0.717, 1.165) is 47.3 Å². The summed E-state index contributed by atoms with van der Waals surface area (Å²) in [6, 6.07) is 46.3. The number of anilines is 1. The number of nitrogens with zero attached hydrogens (tertiary/aromatic N) is 1. The van der Waals surface area contributed by atoms with E-state index in [9.17, 15) is 9.90 Å². The zero-order chi connectivity index (χ0) is 42.9. The van der Waals surface area contributed by atoms with Gasteiger partial charge in [0.15, 0.2) is 6.29 Å². The third-order valence-corrected chi connectivity index (χ3v) is 12.7. The Morgan fingerprint density at radius 1 is 0.613 bits per heavy atom. The second-order valence-corrected chi connectivity index (χ2v) is 17.6. The highest BCUT2D eigenvalue weighted by molar-refractivity contribution is 6.02. The van der Waals surface area contributed by atoms with E-state index in [1.54, 1.807) is 0 Å². The van der Waals surface area contributed by atoms with E-state index in [1.807, 2.05) is 42.5 Å². The minimum absolute atomic E-state index is 0.0200. The van der Waals surface area contributed by atoms with Gasteiger partial charge < -0.3 is 19.9 Å². The molecule has 1 heterocycles. The summed E-state index contributed by atoms with van der Waals surface area (Å²) in [7, 11) is 2.19. The molecule has 6 heteroatoms. The number of ether oxygens (including phenoxy) is 2. The normalized spacial score (nSPS) is 17.8. The number of fused-ring (bicyclic) bond motifs is 2. The maximum atomic E-state index is 13.2. The molecule has 0 spiro atoms. The van der Waals surface area contributed by atoms with Crippen molar-refractivity contribution in [2.45, 2.75) is 134 Å². The third kappa shape index (κ3) is 12.4. The van der Waals surface area contributed by atoms with Gasteiger partial charge in [-0.2, -0.15) is 0 Å². The molecule has 0 aliphatic carbocycles. The van der Waals surface area contributed by atoms with Crippen molar-refractivity contribution >= 4 is 33.1 Å². The number of rotatable bonds is 23. The van der Waals surface area contributed by atoms with Gasteiger partial charge >= 0.3 is 0 Å². The molecule has 1 aliphatic heterocycles. The van der Waals surface area contributed by atoms with Gasteiger partial charge in [-0.3, -0.25) is 9.69 Å². The average molecular weight is 833 g/mol. The summed E-state index contributed by atoms with van der Waals surface area (Å²) in [5.41, 5.74) is 5.94. The van der Waals surface area contributed by atoms with Gasteiger partial charge in [0, 0.05) is 36.7 Å². The Bertz CT molecular complexity index is 2220. The predicted octanol–water partition coefficient (Wildman–Crippen LogP) is 14.0. The second kappa shape index (κ2) is 23.6. The van der Waals surface area contributed by atoms with Gasteiger partial charge in [-0.1, -0.05) is 199 Å². The van der Waals surface area contributed by atoms with Crippen LogP contribution in [0.1, 0.15) is 143 Å². The highest BCUT2D eigenvalue weighted by Gasteiger charge is 2.42. The van der Waals surface area contributed by atoms with Crippen LogP contribution in [-0.4, -0.2) is 35.6 Å². The van der Waals surface area contributed by atoms with Crippen LogP contribution in [0.25, 0.3) is 21.5 Å². The van der Waals surface area contributed by atoms with Gasteiger partial charge in [-0.25, -0.2) is 0 Å². The van der Waals surface area contributed by atoms with E-state index < -0.39 is 6.29 Å². The molecule has 0 aromatic heterocycles. The molecule has 2 N–H and O–H groups in total. The summed E-state index contributed by atoms with van der Waals surface area (Å²) in [6.45, 7) is 3.65. The predicted molar refractivity (Wildman–Crippen MR) is 256 cm³/mol. The molecule has 6 nitrogen and oxygen atoms in total. The summed E-state index contributed by atoms with van der Waals surface area (Å²) in [6.07, 6.45) is 15.9. The Hall–Kier alpha value is -4.85. The van der Waals surface area contributed by atoms with Crippen LogP contribution in [0, 0.1) is 0 Å². The molecule has 6 aromatic rings. The maximum Gasteiger partial charge on any atom is 0.224 e. The van der Waals surface area contributed by atoms with E-state index in [1.165, 1.54) is 97.7 Å². The SMILES string of the molecule is CCCCCCCCCCCCCCCC(=O)Nc1cccc(C2O[C@H](CN(C)Cc3c4ccccc4cc4ccccc34)[C@@H](c3ccccc3)[C@H](c3ccc(CO)cc3)O2)c1. The molecule has 0 radical (unpaired) electrons. The van der Waals surface area contributed by atoms with Crippen molar-refractivity contribution in [2.75, 3.05) is 18.9 Å². The molecule has 0 saturated carbocycles. The minimum atomic E-state index is -0.674. The van der Waals surface area contributed by atoms with Crippen LogP contribution in [-0.2, 0) is 27.4 Å². The summed E-state index contributed by atoms with van der Waals surface area (Å²) >= 11 is 0. The highest BCUT2D eigenvalue weighted by Crippen LogP contribution is 2.47. The number of hydrogen-bond donors (Lipinski definition) is 2. The Morgan fingerprint density at radius 2 is 1.19 bits per heavy atom. The molecule has 4 atom stereocenters. The average Bonchev–Trinajstić information content (AvgIpc) is 3.30. The van der Waals surface area contributed by atoms with Gasteiger partial charge in [0.2, 0.25) is 5.91 Å². The van der Waals surface area contributed by atoms with Gasteiger partial charge in [0.05, 0.1) is 18.8 Å². The van der Waals surface area contributed by atoms with Crippen LogP contribution in [0.5, 0.6) is 0 Å². The molecular weight excluding hydrogens is 765 g/mol. The fraction of sp³-hybridized carbons (Fsp3) is 0.411. The fourth-order valence-corrected chi connectivity index (χ4v) is 9.38. The molecule has 1 saturated heterocycles. The number of aliphatic hydroxyl groups excluding tert-OH is 1. The lowest BCUT2D eigenvalue weighted by Crippen LogP contribution is -2.43. The minimum Gasteiger partial charge on any atom is -0.392 e. The largest absolute Gasteiger partial charge is 0.392 e. The molecular formula is C56H68N2O4. The number of amides is 1. The van der Waals surface area contributed by atoms with Gasteiger partial charge in [0.1, 0.15) is 0 Å². The van der Waals surface area contributed by atoms with Crippen molar-refractivity contribution in [2.24, 2.45) is 0 Å². The summed E-state index contributed by atoms with van der Waals surface area (Å²) in [5, 5.41) is 18.1. The first-order valence-corrected chi connectivity index (χ1v) is 23.5. The first kappa shape index (κ1) is 45.2. The Labute approximate surface area is 370 Å². The van der Waals surface area contributed by atoms with E-state index >= 15 is 0 Å². The van der Waals surface area contributed by atoms with Crippen molar-refractivity contribution in [1.29, 1.82) is 0 Å². The zero-order valence-electron chi connectivity index (χ0n) is 37.2. The lowest BCUT2D eigenvalue weighted by Gasteiger charge is -2.44. The third-order valence-electron chi connectivity index (χ3n) is 12.7. The summed E-state index contributed by atoms with van der Waals surface area (Å²) < 4.78 is 14.2. The molecule has 1 unspecified atom stereocenters. The Kier molecular flexibility index (Phi) is 17.2. The number of likely N-dealkylation sites (N-methyl/N-ethyl adjacent to an activating group) is 1. The number of carbonyl (C=O) groups is 1. The maximum absolute atomic E-state index is 13.2. The molecule has 7 rings (SSSR count). The Balaban J connectivity index is 1.05. The second-order valence-electron chi connectivity index (χ2n) is 17.6. The van der Waals surface area contributed by atoms with Crippen LogP contribution in [0.15, 0.2) is 133 Å². The van der Waals surface area contributed by atoms with Crippen LogP contribution in [0.3, 0.4) is 0 Å². The number of aliphatic hydroxyl groups is 1. The van der Waals surface area contributed by atoms with Crippen molar-refractivity contribution in [3.8, 4) is 0 Å². The van der Waals surface area contributed by atoms with Gasteiger partial charge in [0.25, 0.3) is 0 Å². The number of unbranched alkanes of at least 4 members (excludes halogenated alkanes) is 12. The quantitative estimate of drug-likeness (QED) is 0.0497. The van der Waals surface area contributed by atoms with Crippen LogP contribution in [0.2, 0.25) is 0 Å². The topological polar surface area (TPSA) is 71.0 Å². The fourth-order valence-electron chi connectivity index (χ4n) is 9.38. The van der Waals surface area contributed by atoms with Crippen molar-refractivity contribution in [3.63, 3.8) is 0 Å². The molecule has 6 aromatic carbocycles. The highest BCUT2D eigenvalue weighted by atomic mass is 16.7. The molecule has 1 amide bonds. The standard InChI is InChI=1S/C56H68N2O4/c1-3-4-5-6-7-8-9-10-11-12-13-14-18-32-53(60)57-48-29-23-28-47(38-48)56-61-52(54(43-24-16-15-17-25-43)55(62-56)44-35-33-42(41-59)34-36-44)40-58(2)39-51-49-30-21-19-26-45(49)37-46-27-20-22-31-50(46)51/h15-17,19-31,33-38,52,54-56,59H,3-14,18,32,39-41H2,1-2H3,(H,57,60)/t52-,54-,55+,56?/m1/s1. The first-order valence-electron chi connectivity index (χ1n) is 23.5. The van der Waals surface area contributed by atoms with E-state index in [0.29, 0.717) is 13.0 Å². The lowest BCUT2D eigenvalue weighted by atomic mass is 9.83. The molecule has 62 heavy (non-hydrogen) atoms. The number of benzene rings is 6. The number of hydrogen-bond acceptors (Lipinski definition) is 5. The number of nitrogens with one attached hydrogen (secondary N) is 1. The van der Waals surface area contributed by atoms with Crippen LogP contribution in [0.4, 0.5) is 5.69 Å². The first-order chi connectivity index (χ1) is 30.5. The van der Waals surface area contributed by atoms with E-state index in [-0.39, 0.29) is 30.6 Å². The zero-order valence-corrected chi connectivity index (χ0v) is 37.2. The van der Waals surface area contributed by atoms with Crippen molar-refractivity contribution in [1.82, 2.24) is 4.90 Å². The molecule has 326 valence electrons. The van der Waals surface area contributed by atoms with Gasteiger partial charge in [-0.05, 0) is 75.5 Å². The molecule has 0 bridgehead atoms. The van der Waals surface area contributed by atoms with Crippen molar-refractivity contribution in [3.05, 3.63) is 161 Å². The van der Waals surface area contributed by atoms with Gasteiger partial charge in [-0.15, -0.1) is 0 Å². The number of carbonyl (C=O) groups excluding carboxylic acids is 1. The van der Waals surface area contributed by atoms with Crippen LogP contribution < -0.4 is 5.32 Å². The smallest absolute Gasteiger partial charge is 0.224 e. The molecule has 1 aliphatic rings. The van der Waals surface area contributed by atoms with E-state index in [2.05, 4.69) is 115 Å². The summed E-state index contributed by atoms with van der Waals surface area (Å²) in [5.74, 6) is -0.0792. The van der Waals surface area contributed by atoms with Crippen molar-refractivity contribution < 1.29 is 19.4 Å². The lowest BCUT2D eigenvalue weighted by molar-refractivity contribution is -0.263. The van der Waals surface area contributed by atoms with Crippen LogP contribution >= 0.6 is 0 Å². The van der Waals surface area contributed by atoms with E-state index in [4.69, 9.17) is 9.47 Å². The summed E-state index contributed by atoms with van der Waals surface area (Å²) in [4.78, 5) is 15.6.